The summed E-state index contributed by atoms with van der Waals surface area (Å²) in [6, 6.07) is 7.66. The molecule has 0 aromatic heterocycles. The van der Waals surface area contributed by atoms with E-state index in [1.165, 1.54) is 6.26 Å². The van der Waals surface area contributed by atoms with E-state index in [9.17, 15) is 13.2 Å². The lowest BCUT2D eigenvalue weighted by molar-refractivity contribution is -0.121. The molecular formula is C14H21NO4S. The molecule has 0 atom stereocenters. The average Bonchev–Trinajstić information content (AvgIpc) is 2.38. The van der Waals surface area contributed by atoms with Crippen molar-refractivity contribution in [1.29, 1.82) is 0 Å². The number of hydrogen-bond donors (Lipinski definition) is 1. The van der Waals surface area contributed by atoms with Gasteiger partial charge in [-0.1, -0.05) is 12.1 Å². The zero-order valence-corrected chi connectivity index (χ0v) is 12.7. The third kappa shape index (κ3) is 7.13. The van der Waals surface area contributed by atoms with E-state index in [4.69, 9.17) is 4.74 Å². The number of methoxy groups -OCH3 is 1. The first-order valence-corrected chi connectivity index (χ1v) is 8.54. The van der Waals surface area contributed by atoms with Gasteiger partial charge >= 0.3 is 0 Å². The van der Waals surface area contributed by atoms with E-state index in [-0.39, 0.29) is 18.1 Å². The Bertz CT molecular complexity index is 523. The number of hydrogen-bond acceptors (Lipinski definition) is 4. The molecule has 0 aliphatic heterocycles. The third-order valence-corrected chi connectivity index (χ3v) is 3.84. The molecule has 0 spiro atoms. The van der Waals surface area contributed by atoms with E-state index < -0.39 is 9.84 Å². The van der Waals surface area contributed by atoms with Gasteiger partial charge in [0.25, 0.3) is 0 Å². The standard InChI is InChI=1S/C14H21NO4S/c1-19-13-7-5-12(6-8-13)9-10-15-14(16)4-3-11-20(2,17)18/h5-8H,3-4,9-11H2,1-2H3,(H,15,16). The van der Waals surface area contributed by atoms with Crippen molar-refractivity contribution in [2.45, 2.75) is 19.3 Å². The maximum Gasteiger partial charge on any atom is 0.220 e. The van der Waals surface area contributed by atoms with Gasteiger partial charge in [-0.25, -0.2) is 8.42 Å². The normalized spacial score (nSPS) is 11.1. The fourth-order valence-electron chi connectivity index (χ4n) is 1.72. The Morgan fingerprint density at radius 3 is 2.45 bits per heavy atom. The fourth-order valence-corrected chi connectivity index (χ4v) is 2.39. The molecule has 0 aliphatic carbocycles. The van der Waals surface area contributed by atoms with Crippen LogP contribution in [0, 0.1) is 0 Å². The monoisotopic (exact) mass is 299 g/mol. The van der Waals surface area contributed by atoms with E-state index >= 15 is 0 Å². The van der Waals surface area contributed by atoms with Crippen LogP contribution < -0.4 is 10.1 Å². The van der Waals surface area contributed by atoms with Gasteiger partial charge in [0.05, 0.1) is 12.9 Å². The Kier molecular flexibility index (Phi) is 6.51. The number of ether oxygens (including phenoxy) is 1. The van der Waals surface area contributed by atoms with Crippen LogP contribution in [0.5, 0.6) is 5.75 Å². The Morgan fingerprint density at radius 1 is 1.25 bits per heavy atom. The largest absolute Gasteiger partial charge is 0.497 e. The lowest BCUT2D eigenvalue weighted by Crippen LogP contribution is -2.25. The van der Waals surface area contributed by atoms with Crippen molar-refractivity contribution in [2.24, 2.45) is 0 Å². The van der Waals surface area contributed by atoms with Crippen molar-refractivity contribution < 1.29 is 17.9 Å². The minimum atomic E-state index is -2.98. The lowest BCUT2D eigenvalue weighted by Gasteiger charge is -2.06. The number of amides is 1. The molecular weight excluding hydrogens is 278 g/mol. The third-order valence-electron chi connectivity index (χ3n) is 2.81. The Labute approximate surface area is 120 Å². The summed E-state index contributed by atoms with van der Waals surface area (Å²) in [5.41, 5.74) is 1.11. The molecule has 1 aromatic carbocycles. The molecule has 0 unspecified atom stereocenters. The smallest absolute Gasteiger partial charge is 0.220 e. The summed E-state index contributed by atoms with van der Waals surface area (Å²) in [5.74, 6) is 0.750. The first kappa shape index (κ1) is 16.5. The molecule has 5 nitrogen and oxygen atoms in total. The summed E-state index contributed by atoms with van der Waals surface area (Å²) >= 11 is 0. The van der Waals surface area contributed by atoms with E-state index in [1.54, 1.807) is 7.11 Å². The molecule has 0 bridgehead atoms. The Balaban J connectivity index is 2.21. The van der Waals surface area contributed by atoms with Crippen LogP contribution in [0.2, 0.25) is 0 Å². The van der Waals surface area contributed by atoms with Crippen LogP contribution in [0.3, 0.4) is 0 Å². The number of carbonyl (C=O) groups excluding carboxylic acids is 1. The Hall–Kier alpha value is -1.56. The van der Waals surface area contributed by atoms with Gasteiger partial charge in [0.2, 0.25) is 5.91 Å². The van der Waals surface area contributed by atoms with E-state index in [0.29, 0.717) is 13.0 Å². The number of benzene rings is 1. The summed E-state index contributed by atoms with van der Waals surface area (Å²) in [4.78, 5) is 11.5. The van der Waals surface area contributed by atoms with Gasteiger partial charge in [-0.15, -0.1) is 0 Å². The topological polar surface area (TPSA) is 72.5 Å². The van der Waals surface area contributed by atoms with Crippen molar-refractivity contribution in [3.8, 4) is 5.75 Å². The van der Waals surface area contributed by atoms with Crippen LogP contribution in [-0.2, 0) is 21.1 Å². The highest BCUT2D eigenvalue weighted by molar-refractivity contribution is 7.90. The predicted octanol–water partition coefficient (Wildman–Crippen LogP) is 1.18. The molecule has 112 valence electrons. The highest BCUT2D eigenvalue weighted by Crippen LogP contribution is 2.11. The maximum absolute atomic E-state index is 11.5. The first-order chi connectivity index (χ1) is 9.40. The van der Waals surface area contributed by atoms with Crippen LogP contribution in [0.4, 0.5) is 0 Å². The minimum Gasteiger partial charge on any atom is -0.497 e. The molecule has 1 amide bonds. The number of nitrogens with one attached hydrogen (secondary N) is 1. The predicted molar refractivity (Wildman–Crippen MR) is 78.7 cm³/mol. The van der Waals surface area contributed by atoms with Gasteiger partial charge in [-0.2, -0.15) is 0 Å². The van der Waals surface area contributed by atoms with Gasteiger partial charge in [-0.3, -0.25) is 4.79 Å². The summed E-state index contributed by atoms with van der Waals surface area (Å²) in [5, 5.41) is 2.78. The minimum absolute atomic E-state index is 0.0545. The SMILES string of the molecule is COc1ccc(CCNC(=O)CCCS(C)(=O)=O)cc1. The molecule has 1 N–H and O–H groups in total. The summed E-state index contributed by atoms with van der Waals surface area (Å²) in [6.07, 6.45) is 2.53. The molecule has 0 fully saturated rings. The van der Waals surface area contributed by atoms with Crippen LogP contribution in [-0.4, -0.2) is 40.0 Å². The number of carbonyl (C=O) groups is 1. The second-order valence-electron chi connectivity index (χ2n) is 4.68. The average molecular weight is 299 g/mol. The van der Waals surface area contributed by atoms with Crippen LogP contribution in [0.1, 0.15) is 18.4 Å². The van der Waals surface area contributed by atoms with Gasteiger partial charge in [0.15, 0.2) is 0 Å². The molecule has 0 radical (unpaired) electrons. The quantitative estimate of drug-likeness (QED) is 0.782. The first-order valence-electron chi connectivity index (χ1n) is 6.48. The summed E-state index contributed by atoms with van der Waals surface area (Å²) in [6.45, 7) is 0.546. The maximum atomic E-state index is 11.5. The van der Waals surface area contributed by atoms with E-state index in [1.807, 2.05) is 24.3 Å². The van der Waals surface area contributed by atoms with Crippen molar-refractivity contribution in [3.05, 3.63) is 29.8 Å². The highest BCUT2D eigenvalue weighted by atomic mass is 32.2. The van der Waals surface area contributed by atoms with Crippen molar-refractivity contribution >= 4 is 15.7 Å². The molecule has 1 aromatic rings. The van der Waals surface area contributed by atoms with Gasteiger partial charge in [-0.05, 0) is 30.5 Å². The number of rotatable bonds is 8. The number of sulfone groups is 1. The summed E-state index contributed by atoms with van der Waals surface area (Å²) in [7, 11) is -1.36. The van der Waals surface area contributed by atoms with E-state index in [2.05, 4.69) is 5.32 Å². The van der Waals surface area contributed by atoms with Crippen LogP contribution >= 0.6 is 0 Å². The Morgan fingerprint density at radius 2 is 1.90 bits per heavy atom. The van der Waals surface area contributed by atoms with Gasteiger partial charge < -0.3 is 10.1 Å². The van der Waals surface area contributed by atoms with Crippen molar-refractivity contribution in [2.75, 3.05) is 25.7 Å². The fraction of sp³-hybridized carbons (Fsp3) is 0.500. The van der Waals surface area contributed by atoms with Crippen LogP contribution in [0.25, 0.3) is 0 Å². The second-order valence-corrected chi connectivity index (χ2v) is 6.94. The highest BCUT2D eigenvalue weighted by Gasteiger charge is 2.05. The van der Waals surface area contributed by atoms with Gasteiger partial charge in [0, 0.05) is 19.2 Å². The zero-order chi connectivity index (χ0) is 15.0. The molecule has 0 saturated carbocycles. The molecule has 0 aliphatic rings. The van der Waals surface area contributed by atoms with E-state index in [0.717, 1.165) is 17.7 Å². The lowest BCUT2D eigenvalue weighted by atomic mass is 10.1. The summed E-state index contributed by atoms with van der Waals surface area (Å²) < 4.78 is 26.9. The second kappa shape index (κ2) is 7.89. The zero-order valence-electron chi connectivity index (χ0n) is 11.9. The van der Waals surface area contributed by atoms with Crippen LogP contribution in [0.15, 0.2) is 24.3 Å². The molecule has 0 saturated heterocycles. The molecule has 0 heterocycles. The molecule has 1 rings (SSSR count). The molecule has 20 heavy (non-hydrogen) atoms. The van der Waals surface area contributed by atoms with Crippen molar-refractivity contribution in [3.63, 3.8) is 0 Å². The van der Waals surface area contributed by atoms with Crippen molar-refractivity contribution in [1.82, 2.24) is 5.32 Å². The molecule has 6 heteroatoms. The van der Waals surface area contributed by atoms with Gasteiger partial charge in [0.1, 0.15) is 15.6 Å².